The van der Waals surface area contributed by atoms with Gasteiger partial charge in [0, 0.05) is 209 Å². The fraction of sp³-hybridized carbons (Fsp3) is 0.288. The number of aromatic nitrogens is 8. The fourth-order valence-electron chi connectivity index (χ4n) is 12.4. The Morgan fingerprint density at radius 3 is 1.35 bits per heavy atom. The zero-order valence-electron chi connectivity index (χ0n) is 58.2. The molecule has 4 aromatic carbocycles. The number of halogens is 10. The third kappa shape index (κ3) is 20.2. The molecule has 12 aromatic rings. The maximum Gasteiger partial charge on any atom is 0.153 e. The molecule has 14 rings (SSSR count). The number of likely N-dealkylation sites (N-methyl/N-ethyl adjacent to an activating group) is 1. The van der Waals surface area contributed by atoms with Crippen molar-refractivity contribution in [3.8, 4) is 44.5 Å². The highest BCUT2D eigenvalue weighted by molar-refractivity contribution is 7.91. The molecule has 8 aromatic heterocycles. The van der Waals surface area contributed by atoms with Gasteiger partial charge in [-0.1, -0.05) is 112 Å². The first-order valence-electron chi connectivity index (χ1n) is 32.6. The average Bonchev–Trinajstić information content (AvgIpc) is 1.70. The van der Waals surface area contributed by atoms with Crippen LogP contribution in [0, 0.1) is 13.8 Å². The van der Waals surface area contributed by atoms with E-state index in [1.165, 1.54) is 16.7 Å². The normalized spacial score (nSPS) is 13.4. The van der Waals surface area contributed by atoms with Gasteiger partial charge in [0.05, 0.1) is 49.0 Å². The summed E-state index contributed by atoms with van der Waals surface area (Å²) in [5.74, 6) is 4.56. The number of benzene rings is 4. The zero-order chi connectivity index (χ0) is 71.8. The third-order valence-corrected chi connectivity index (χ3v) is 22.4. The fourth-order valence-corrected chi connectivity index (χ4v) is 16.2. The van der Waals surface area contributed by atoms with Crippen molar-refractivity contribution in [3.05, 3.63) is 216 Å². The van der Waals surface area contributed by atoms with Crippen LogP contribution in [0.2, 0.25) is 30.1 Å². The van der Waals surface area contributed by atoms with Crippen molar-refractivity contribution in [2.45, 2.75) is 46.4 Å². The van der Waals surface area contributed by atoms with Gasteiger partial charge >= 0.3 is 0 Å². The minimum absolute atomic E-state index is 0. The van der Waals surface area contributed by atoms with Crippen LogP contribution in [0.1, 0.15) is 39.1 Å². The molecule has 0 atom stereocenters. The minimum Gasteiger partial charge on any atom is -0.384 e. The molecule has 0 aliphatic carbocycles. The second-order valence-electron chi connectivity index (χ2n) is 24.5. The van der Waals surface area contributed by atoms with Crippen molar-refractivity contribution in [3.63, 3.8) is 0 Å². The van der Waals surface area contributed by atoms with Crippen molar-refractivity contribution in [1.29, 1.82) is 0 Å². The van der Waals surface area contributed by atoms with Crippen molar-refractivity contribution < 1.29 is 22.1 Å². The molecule has 32 heteroatoms. The number of nitrogens with two attached hydrogens (primary N) is 4. The number of methoxy groups -OCH3 is 2. The summed E-state index contributed by atoms with van der Waals surface area (Å²) in [5.41, 5.74) is 42.6. The molecule has 0 bridgehead atoms. The summed E-state index contributed by atoms with van der Waals surface area (Å²) in [6.45, 7) is 10.4. The van der Waals surface area contributed by atoms with Crippen LogP contribution < -0.4 is 37.6 Å². The third-order valence-electron chi connectivity index (χ3n) is 17.8. The molecule has 0 unspecified atom stereocenters. The van der Waals surface area contributed by atoms with E-state index < -0.39 is 20.6 Å². The number of fused-ring (bicyclic) bond motifs is 4. The lowest BCUT2D eigenvalue weighted by atomic mass is 9.96. The van der Waals surface area contributed by atoms with E-state index in [2.05, 4.69) is 85.5 Å². The Bertz CT molecular complexity index is 5110. The summed E-state index contributed by atoms with van der Waals surface area (Å²) in [7, 11) is 1.78. The van der Waals surface area contributed by atoms with Gasteiger partial charge in [-0.05, 0) is 108 Å². The Hall–Kier alpha value is -6.20. The van der Waals surface area contributed by atoms with Crippen molar-refractivity contribution in [2.24, 2.45) is 22.9 Å². The molecule has 20 nitrogen and oxygen atoms in total. The van der Waals surface area contributed by atoms with Crippen LogP contribution in [0.3, 0.4) is 0 Å². The van der Waals surface area contributed by atoms with Crippen LogP contribution in [-0.4, -0.2) is 140 Å². The predicted molar refractivity (Wildman–Crippen MR) is 444 cm³/mol. The van der Waals surface area contributed by atoms with E-state index in [1.54, 1.807) is 44.7 Å². The molecule has 10 heterocycles. The van der Waals surface area contributed by atoms with Crippen molar-refractivity contribution >= 4 is 180 Å². The van der Waals surface area contributed by atoms with Gasteiger partial charge in [-0.15, -0.1) is 49.6 Å². The number of rotatable bonds is 17. The van der Waals surface area contributed by atoms with E-state index >= 15 is 0 Å². The maximum absolute atomic E-state index is 11.7. The number of hydrogen-bond donors (Lipinski definition) is 4. The molecule has 0 amide bonds. The van der Waals surface area contributed by atoms with Gasteiger partial charge in [-0.3, -0.25) is 17.4 Å². The predicted octanol–water partition coefficient (Wildman–Crippen LogP) is 15.1. The molecule has 8 N–H and O–H groups in total. The zero-order valence-corrected chi connectivity index (χ0v) is 67.6. The molecule has 562 valence electrons. The molecular formula is C73H83Cl10N15O5S2. The number of hydrogen-bond acceptors (Lipinski definition) is 16. The summed E-state index contributed by atoms with van der Waals surface area (Å²) in [6.07, 6.45) is 16.4. The number of anilines is 3. The Kier molecular flexibility index (Phi) is 31.7. The van der Waals surface area contributed by atoms with E-state index in [0.717, 1.165) is 133 Å². The van der Waals surface area contributed by atoms with Gasteiger partial charge < -0.3 is 51.5 Å². The van der Waals surface area contributed by atoms with E-state index in [1.807, 2.05) is 104 Å². The van der Waals surface area contributed by atoms with Crippen LogP contribution in [0.5, 0.6) is 0 Å². The Morgan fingerprint density at radius 2 is 0.905 bits per heavy atom. The van der Waals surface area contributed by atoms with Crippen LogP contribution in [0.25, 0.3) is 67.1 Å². The number of sulfone groups is 1. The number of pyridine rings is 4. The highest BCUT2D eigenvalue weighted by atomic mass is 35.5. The lowest BCUT2D eigenvalue weighted by Crippen LogP contribution is -2.40. The molecule has 2 aliphatic rings. The van der Waals surface area contributed by atoms with Crippen molar-refractivity contribution in [2.75, 3.05) is 105 Å². The quantitative estimate of drug-likeness (QED) is 0.0661. The van der Waals surface area contributed by atoms with E-state index in [-0.39, 0.29) is 61.1 Å². The number of aryl methyl sites for hydroxylation is 2. The Balaban J connectivity index is 0.000000193. The smallest absolute Gasteiger partial charge is 0.153 e. The Labute approximate surface area is 668 Å². The summed E-state index contributed by atoms with van der Waals surface area (Å²) >= 11 is 37.2. The number of nitrogens with zero attached hydrogens (tertiary/aromatic N) is 11. The largest absolute Gasteiger partial charge is 0.384 e. The topological polar surface area (TPSA) is 253 Å². The van der Waals surface area contributed by atoms with E-state index in [9.17, 15) is 12.6 Å². The van der Waals surface area contributed by atoms with Crippen LogP contribution in [-0.2, 0) is 62.7 Å². The second kappa shape index (κ2) is 38.7. The number of ether oxygens (including phenoxy) is 2. The molecule has 105 heavy (non-hydrogen) atoms. The van der Waals surface area contributed by atoms with Crippen LogP contribution in [0.4, 0.5) is 17.5 Å². The summed E-state index contributed by atoms with van der Waals surface area (Å²) in [6, 6.07) is 30.8. The molecular weight excluding hydrogens is 1590 g/mol. The maximum atomic E-state index is 11.7. The number of imidazole rings is 4. The monoisotopic (exact) mass is 1660 g/mol. The van der Waals surface area contributed by atoms with Gasteiger partial charge in [-0.2, -0.15) is 0 Å². The lowest BCUT2D eigenvalue weighted by molar-refractivity contribution is 0.201. The molecule has 2 aliphatic heterocycles. The van der Waals surface area contributed by atoms with Gasteiger partial charge in [0.15, 0.2) is 9.84 Å². The summed E-state index contributed by atoms with van der Waals surface area (Å²) in [4.78, 5) is 24.6. The van der Waals surface area contributed by atoms with Gasteiger partial charge in [-0.25, -0.2) is 28.4 Å². The van der Waals surface area contributed by atoms with E-state index in [4.69, 9.17) is 102 Å². The molecule has 2 fully saturated rings. The highest BCUT2D eigenvalue weighted by Gasteiger charge is 2.26. The van der Waals surface area contributed by atoms with Crippen LogP contribution in [0.15, 0.2) is 147 Å². The summed E-state index contributed by atoms with van der Waals surface area (Å²) in [5, 5.41) is 3.50. The molecule has 2 saturated heterocycles. The van der Waals surface area contributed by atoms with Gasteiger partial charge in [0.25, 0.3) is 0 Å². The van der Waals surface area contributed by atoms with Gasteiger partial charge in [0.1, 0.15) is 40.0 Å². The standard InChI is InChI=1S/C20H26N4O.C18H18Cl2N4O2S.C18H18Cl2N4OS.C17H17Cl2N3O.4ClH/c1-14-5-6-17(15(2)9-14)18-13-24-19(10-16(18)11-21)22-12-20(24)23(3)7-8-25-4;19-13-1-2-14(16(20)8-13)15-11-24-17(7-12(15)9-21)22-10-18(24)23-3-5-27(25,26)6-4-23;19-13-1-2-14(16(20)8-13)15-11-24-17(7-12(15)9-21)22-10-18(24)23-3-5-26(25)6-4-23;1-23-5-4-13-9-22-10-15(11(8-20)6-17(22)21-13)14-3-2-12(18)7-16(14)19;;;;/h5-6,9-10,12-13H,7-8,11,21H2,1-4H3;1-2,7-8,10-11H,3-6,9,21H2;1-2,7-8,10-11H,3-6,9,21H2;2-3,6-7,9-10H,4-5,8,20H2,1H3;4*1H. The van der Waals surface area contributed by atoms with Crippen molar-refractivity contribution in [1.82, 2.24) is 37.5 Å². The lowest BCUT2D eigenvalue weighted by Gasteiger charge is -2.28. The average molecular weight is 1670 g/mol. The van der Waals surface area contributed by atoms with Gasteiger partial charge in [0.2, 0.25) is 0 Å². The molecule has 0 radical (unpaired) electrons. The Morgan fingerprint density at radius 1 is 0.495 bits per heavy atom. The first-order chi connectivity index (χ1) is 48.6. The van der Waals surface area contributed by atoms with E-state index in [0.29, 0.717) is 94.1 Å². The second-order valence-corrected chi connectivity index (χ2v) is 31.1. The first-order valence-corrected chi connectivity index (χ1v) is 38.2. The summed E-state index contributed by atoms with van der Waals surface area (Å²) < 4.78 is 53.5. The SMILES string of the molecule is COCCN(C)c1cnc2cc(CN)c(-c3ccc(C)cc3C)cn12.COCCc1cn2cc(-c3ccc(Cl)cc3Cl)c(CN)cc2n1.Cl.Cl.Cl.Cl.NCc1cc2ncc(N3CCS(=O)(=O)CC3)n2cc1-c1ccc(Cl)cc1Cl.NCc1cc2ncc(N3CCS(=O)CC3)n2cc1-c1ccc(Cl)cc1Cl. The highest BCUT2D eigenvalue weighted by Crippen LogP contribution is 2.38. The molecule has 0 saturated carbocycles. The molecule has 0 spiro atoms. The first kappa shape index (κ1) is 86.0. The minimum atomic E-state index is -2.95. The van der Waals surface area contributed by atoms with Crippen LogP contribution >= 0.6 is 119 Å².